The van der Waals surface area contributed by atoms with Gasteiger partial charge in [-0.25, -0.2) is 0 Å². The number of aliphatic hydroxyl groups excluding tert-OH is 1. The Labute approximate surface area is 126 Å². The molecular weight excluding hydrogens is 276 g/mol. The van der Waals surface area contributed by atoms with Gasteiger partial charge in [-0.05, 0) is 43.9 Å². The van der Waals surface area contributed by atoms with Crippen LogP contribution < -0.4 is 10.6 Å². The van der Waals surface area contributed by atoms with E-state index in [1.807, 2.05) is 31.2 Å². The van der Waals surface area contributed by atoms with Crippen molar-refractivity contribution in [2.24, 2.45) is 0 Å². The van der Waals surface area contributed by atoms with Crippen LogP contribution in [0.4, 0.5) is 0 Å². The maximum Gasteiger partial charge on any atom is 0.240 e. The van der Waals surface area contributed by atoms with E-state index in [-0.39, 0.29) is 24.9 Å². The van der Waals surface area contributed by atoms with E-state index in [2.05, 4.69) is 10.6 Å². The van der Waals surface area contributed by atoms with Gasteiger partial charge in [-0.2, -0.15) is 0 Å². The molecule has 0 saturated carbocycles. The zero-order chi connectivity index (χ0) is 13.7. The van der Waals surface area contributed by atoms with Gasteiger partial charge in [0.1, 0.15) is 0 Å². The average Bonchev–Trinajstić information content (AvgIpc) is 2.45. The highest BCUT2D eigenvalue weighted by Crippen LogP contribution is 2.18. The number of amides is 1. The number of nitrogens with one attached hydrogen (secondary N) is 2. The molecular formula is C15H23ClN2O2. The third kappa shape index (κ3) is 4.20. The number of carbonyl (C=O) groups is 1. The van der Waals surface area contributed by atoms with Crippen LogP contribution in [0.1, 0.15) is 37.3 Å². The Hall–Kier alpha value is -1.10. The van der Waals surface area contributed by atoms with E-state index in [1.54, 1.807) is 0 Å². The molecule has 112 valence electrons. The van der Waals surface area contributed by atoms with Crippen molar-refractivity contribution in [3.63, 3.8) is 0 Å². The van der Waals surface area contributed by atoms with Crippen molar-refractivity contribution < 1.29 is 9.90 Å². The Kier molecular flexibility index (Phi) is 6.46. The Morgan fingerprint density at radius 3 is 2.80 bits per heavy atom. The van der Waals surface area contributed by atoms with Crippen LogP contribution in [0.25, 0.3) is 0 Å². The maximum atomic E-state index is 12.2. The number of hydrogen-bond donors (Lipinski definition) is 3. The summed E-state index contributed by atoms with van der Waals surface area (Å²) >= 11 is 0. The molecule has 1 atom stereocenters. The highest BCUT2D eigenvalue weighted by atomic mass is 35.5. The summed E-state index contributed by atoms with van der Waals surface area (Å²) in [6.45, 7) is 3.40. The van der Waals surface area contributed by atoms with Crippen LogP contribution in [0.15, 0.2) is 24.3 Å². The molecule has 0 aliphatic carbocycles. The van der Waals surface area contributed by atoms with Crippen LogP contribution in [0, 0.1) is 0 Å². The van der Waals surface area contributed by atoms with Crippen molar-refractivity contribution >= 4 is 18.3 Å². The van der Waals surface area contributed by atoms with Crippen molar-refractivity contribution in [1.29, 1.82) is 0 Å². The Morgan fingerprint density at radius 1 is 1.40 bits per heavy atom. The third-order valence-corrected chi connectivity index (χ3v) is 3.75. The summed E-state index contributed by atoms with van der Waals surface area (Å²) in [5, 5.41) is 15.4. The van der Waals surface area contributed by atoms with E-state index in [4.69, 9.17) is 5.11 Å². The summed E-state index contributed by atoms with van der Waals surface area (Å²) in [6.07, 6.45) is 3.12. The fourth-order valence-electron chi connectivity index (χ4n) is 2.47. The second-order valence-electron chi connectivity index (χ2n) is 5.38. The van der Waals surface area contributed by atoms with Crippen molar-refractivity contribution in [3.8, 4) is 0 Å². The zero-order valence-electron chi connectivity index (χ0n) is 11.8. The van der Waals surface area contributed by atoms with Crippen LogP contribution >= 0.6 is 12.4 Å². The topological polar surface area (TPSA) is 61.4 Å². The monoisotopic (exact) mass is 298 g/mol. The number of piperidine rings is 1. The SMILES string of the molecule is CC1(C(=O)NCc2cccc(CO)c2)CCCCN1.Cl. The smallest absolute Gasteiger partial charge is 0.240 e. The van der Waals surface area contributed by atoms with E-state index in [9.17, 15) is 4.79 Å². The van der Waals surface area contributed by atoms with Gasteiger partial charge in [0.25, 0.3) is 0 Å². The lowest BCUT2D eigenvalue weighted by Crippen LogP contribution is -2.56. The summed E-state index contributed by atoms with van der Waals surface area (Å²) in [5.74, 6) is 0.0570. The minimum atomic E-state index is -0.438. The molecule has 0 bridgehead atoms. The summed E-state index contributed by atoms with van der Waals surface area (Å²) in [6, 6.07) is 7.63. The third-order valence-electron chi connectivity index (χ3n) is 3.75. The quantitative estimate of drug-likeness (QED) is 0.794. The number of halogens is 1. The second kappa shape index (κ2) is 7.62. The lowest BCUT2D eigenvalue weighted by Gasteiger charge is -2.33. The van der Waals surface area contributed by atoms with Gasteiger partial charge in [0.15, 0.2) is 0 Å². The number of rotatable bonds is 4. The molecule has 1 amide bonds. The maximum absolute atomic E-state index is 12.2. The molecule has 0 radical (unpaired) electrons. The number of benzene rings is 1. The highest BCUT2D eigenvalue weighted by molar-refractivity contribution is 5.86. The van der Waals surface area contributed by atoms with Crippen molar-refractivity contribution in [2.75, 3.05) is 6.54 Å². The summed E-state index contributed by atoms with van der Waals surface area (Å²) in [5.41, 5.74) is 1.44. The molecule has 1 unspecified atom stereocenters. The molecule has 1 fully saturated rings. The van der Waals surface area contributed by atoms with E-state index in [0.29, 0.717) is 6.54 Å². The van der Waals surface area contributed by atoms with Crippen LogP contribution in [-0.2, 0) is 17.9 Å². The number of aliphatic hydroxyl groups is 1. The second-order valence-corrected chi connectivity index (χ2v) is 5.38. The standard InChI is InChI=1S/C15H22N2O2.ClH/c1-15(7-2-3-8-17-15)14(19)16-10-12-5-4-6-13(9-12)11-18;/h4-6,9,17-18H,2-3,7-8,10-11H2,1H3,(H,16,19);1H. The summed E-state index contributed by atoms with van der Waals surface area (Å²) < 4.78 is 0. The highest BCUT2D eigenvalue weighted by Gasteiger charge is 2.33. The lowest BCUT2D eigenvalue weighted by atomic mass is 9.90. The molecule has 1 saturated heterocycles. The van der Waals surface area contributed by atoms with E-state index < -0.39 is 5.54 Å². The van der Waals surface area contributed by atoms with Gasteiger partial charge >= 0.3 is 0 Å². The van der Waals surface area contributed by atoms with Crippen LogP contribution in [-0.4, -0.2) is 23.1 Å². The molecule has 1 aliphatic rings. The van der Waals surface area contributed by atoms with E-state index in [1.165, 1.54) is 0 Å². The van der Waals surface area contributed by atoms with E-state index >= 15 is 0 Å². The molecule has 1 aromatic rings. The summed E-state index contributed by atoms with van der Waals surface area (Å²) in [7, 11) is 0. The molecule has 2 rings (SSSR count). The van der Waals surface area contributed by atoms with Gasteiger partial charge in [0, 0.05) is 6.54 Å². The number of hydrogen-bond acceptors (Lipinski definition) is 3. The average molecular weight is 299 g/mol. The Bertz CT molecular complexity index is 445. The number of carbonyl (C=O) groups excluding carboxylic acids is 1. The minimum absolute atomic E-state index is 0. The van der Waals surface area contributed by atoms with Crippen LogP contribution in [0.2, 0.25) is 0 Å². The zero-order valence-corrected chi connectivity index (χ0v) is 12.6. The van der Waals surface area contributed by atoms with Gasteiger partial charge in [-0.15, -0.1) is 12.4 Å². The van der Waals surface area contributed by atoms with Gasteiger partial charge in [0.05, 0.1) is 12.1 Å². The van der Waals surface area contributed by atoms with Crippen LogP contribution in [0.5, 0.6) is 0 Å². The van der Waals surface area contributed by atoms with Crippen molar-refractivity contribution in [1.82, 2.24) is 10.6 Å². The fourth-order valence-corrected chi connectivity index (χ4v) is 2.47. The van der Waals surface area contributed by atoms with Gasteiger partial charge in [0.2, 0.25) is 5.91 Å². The molecule has 1 aliphatic heterocycles. The van der Waals surface area contributed by atoms with Gasteiger partial charge in [-0.1, -0.05) is 24.3 Å². The molecule has 1 heterocycles. The molecule has 0 spiro atoms. The largest absolute Gasteiger partial charge is 0.392 e. The first-order chi connectivity index (χ1) is 9.14. The first-order valence-corrected chi connectivity index (χ1v) is 6.86. The van der Waals surface area contributed by atoms with Crippen LogP contribution in [0.3, 0.4) is 0 Å². The first-order valence-electron chi connectivity index (χ1n) is 6.86. The van der Waals surface area contributed by atoms with E-state index in [0.717, 1.165) is 36.9 Å². The normalized spacial score (nSPS) is 21.9. The Morgan fingerprint density at radius 2 is 2.15 bits per heavy atom. The molecule has 20 heavy (non-hydrogen) atoms. The molecule has 5 heteroatoms. The predicted molar refractivity (Wildman–Crippen MR) is 81.7 cm³/mol. The molecule has 4 nitrogen and oxygen atoms in total. The van der Waals surface area contributed by atoms with Crippen molar-refractivity contribution in [3.05, 3.63) is 35.4 Å². The molecule has 3 N–H and O–H groups in total. The molecule has 0 aromatic heterocycles. The lowest BCUT2D eigenvalue weighted by molar-refractivity contribution is -0.128. The predicted octanol–water partition coefficient (Wildman–Crippen LogP) is 1.75. The summed E-state index contributed by atoms with van der Waals surface area (Å²) in [4.78, 5) is 12.2. The Balaban J connectivity index is 0.00000200. The van der Waals surface area contributed by atoms with Crippen molar-refractivity contribution in [2.45, 2.75) is 44.9 Å². The molecule has 1 aromatic carbocycles. The first kappa shape index (κ1) is 17.0. The minimum Gasteiger partial charge on any atom is -0.392 e. The fraction of sp³-hybridized carbons (Fsp3) is 0.533. The van der Waals surface area contributed by atoms with Gasteiger partial charge < -0.3 is 15.7 Å². The van der Waals surface area contributed by atoms with Gasteiger partial charge in [-0.3, -0.25) is 4.79 Å².